The van der Waals surface area contributed by atoms with E-state index in [-0.39, 0.29) is 23.7 Å². The molecule has 5 N–H and O–H groups in total. The average Bonchev–Trinajstić information content (AvgIpc) is 3.09. The number of aliphatic hydroxyl groups is 1. The molecule has 0 radical (unpaired) electrons. The first-order valence-electron chi connectivity index (χ1n) is 7.35. The second-order valence-corrected chi connectivity index (χ2v) is 7.16. The lowest BCUT2D eigenvalue weighted by atomic mass is 10.0. The van der Waals surface area contributed by atoms with Crippen molar-refractivity contribution in [3.63, 3.8) is 0 Å². The molecule has 0 aliphatic heterocycles. The quantitative estimate of drug-likeness (QED) is 0.585. The molecule has 1 aliphatic rings. The van der Waals surface area contributed by atoms with Gasteiger partial charge < -0.3 is 21.5 Å². The highest BCUT2D eigenvalue weighted by atomic mass is 32.1. The number of nitrogen functional groups attached to an aromatic ring is 1. The van der Waals surface area contributed by atoms with Crippen molar-refractivity contribution in [2.45, 2.75) is 33.1 Å². The van der Waals surface area contributed by atoms with E-state index in [1.54, 1.807) is 0 Å². The third-order valence-electron chi connectivity index (χ3n) is 3.74. The van der Waals surface area contributed by atoms with Crippen molar-refractivity contribution in [1.29, 1.82) is 0 Å². The highest BCUT2D eigenvalue weighted by Gasteiger charge is 2.42. The lowest BCUT2D eigenvalue weighted by molar-refractivity contribution is 0.0945. The summed E-state index contributed by atoms with van der Waals surface area (Å²) in [6, 6.07) is 0. The number of hydrogen-bond donors (Lipinski definition) is 4. The first-order chi connectivity index (χ1) is 9.96. The second kappa shape index (κ2) is 6.62. The van der Waals surface area contributed by atoms with Crippen LogP contribution in [-0.4, -0.2) is 35.7 Å². The van der Waals surface area contributed by atoms with Gasteiger partial charge in [-0.05, 0) is 30.6 Å². The maximum atomic E-state index is 12.2. The van der Waals surface area contributed by atoms with Crippen molar-refractivity contribution < 1.29 is 9.90 Å². The van der Waals surface area contributed by atoms with Gasteiger partial charge in [0, 0.05) is 19.7 Å². The fourth-order valence-electron chi connectivity index (χ4n) is 2.14. The van der Waals surface area contributed by atoms with Gasteiger partial charge in [0.1, 0.15) is 10.7 Å². The lowest BCUT2D eigenvalue weighted by Gasteiger charge is -2.13. The van der Waals surface area contributed by atoms with Crippen molar-refractivity contribution in [1.82, 2.24) is 10.3 Å². The molecule has 6 nitrogen and oxygen atoms in total. The Morgan fingerprint density at radius 2 is 2.24 bits per heavy atom. The van der Waals surface area contributed by atoms with E-state index in [1.807, 2.05) is 0 Å². The molecule has 1 amide bonds. The summed E-state index contributed by atoms with van der Waals surface area (Å²) in [7, 11) is 0. The van der Waals surface area contributed by atoms with Gasteiger partial charge in [-0.3, -0.25) is 4.79 Å². The zero-order chi connectivity index (χ0) is 15.5. The minimum atomic E-state index is -0.174. The molecule has 1 saturated carbocycles. The van der Waals surface area contributed by atoms with Gasteiger partial charge >= 0.3 is 0 Å². The smallest absolute Gasteiger partial charge is 0.265 e. The van der Waals surface area contributed by atoms with Crippen LogP contribution in [-0.2, 0) is 0 Å². The number of nitrogens with one attached hydrogen (secondary N) is 2. The van der Waals surface area contributed by atoms with Crippen LogP contribution in [0, 0.1) is 11.3 Å². The van der Waals surface area contributed by atoms with Crippen molar-refractivity contribution in [3.8, 4) is 0 Å². The van der Waals surface area contributed by atoms with Gasteiger partial charge in [-0.1, -0.05) is 25.2 Å². The van der Waals surface area contributed by atoms with E-state index in [0.717, 1.165) is 25.8 Å². The minimum Gasteiger partial charge on any atom is -0.396 e. The maximum Gasteiger partial charge on any atom is 0.265 e. The molecule has 1 aromatic rings. The Bertz CT molecular complexity index is 497. The minimum absolute atomic E-state index is 0.0998. The molecule has 0 saturated heterocycles. The number of carbonyl (C=O) groups excluding carboxylic acids is 1. The molecular weight excluding hydrogens is 288 g/mol. The molecule has 1 aliphatic carbocycles. The molecule has 2 rings (SSSR count). The largest absolute Gasteiger partial charge is 0.396 e. The van der Waals surface area contributed by atoms with Crippen LogP contribution in [0.3, 0.4) is 0 Å². The molecule has 118 valence electrons. The Morgan fingerprint density at radius 3 is 2.81 bits per heavy atom. The van der Waals surface area contributed by atoms with Crippen molar-refractivity contribution in [3.05, 3.63) is 4.88 Å². The summed E-state index contributed by atoms with van der Waals surface area (Å²) in [6.45, 7) is 5.77. The lowest BCUT2D eigenvalue weighted by Crippen LogP contribution is -2.30. The van der Waals surface area contributed by atoms with Crippen molar-refractivity contribution in [2.75, 3.05) is 30.7 Å². The maximum absolute atomic E-state index is 12.2. The Morgan fingerprint density at radius 1 is 1.52 bits per heavy atom. The van der Waals surface area contributed by atoms with Crippen LogP contribution in [0.15, 0.2) is 0 Å². The van der Waals surface area contributed by atoms with Crippen LogP contribution >= 0.6 is 11.3 Å². The molecule has 0 aromatic carbocycles. The zero-order valence-corrected chi connectivity index (χ0v) is 13.4. The first-order valence-corrected chi connectivity index (χ1v) is 8.17. The summed E-state index contributed by atoms with van der Waals surface area (Å²) in [6.07, 6.45) is 2.87. The normalized spacial score (nSPS) is 16.0. The second-order valence-electron chi connectivity index (χ2n) is 6.16. The highest BCUT2D eigenvalue weighted by Crippen LogP contribution is 2.48. The summed E-state index contributed by atoms with van der Waals surface area (Å²) >= 11 is 1.29. The molecule has 7 heteroatoms. The summed E-state index contributed by atoms with van der Waals surface area (Å²) in [4.78, 5) is 16.8. The molecule has 1 heterocycles. The standard InChI is InChI=1S/C14H24N4O2S/c1-9(2)7-16-13-18-11(15)10(21-13)12(20)17-8-14(3-4-14)5-6-19/h9,19H,3-8,15H2,1-2H3,(H,16,18)(H,17,20). The summed E-state index contributed by atoms with van der Waals surface area (Å²) in [5, 5.41) is 15.8. The number of amides is 1. The predicted molar refractivity (Wildman–Crippen MR) is 85.6 cm³/mol. The van der Waals surface area contributed by atoms with Gasteiger partial charge in [0.15, 0.2) is 5.13 Å². The summed E-state index contributed by atoms with van der Waals surface area (Å²) in [5.74, 6) is 0.600. The van der Waals surface area contributed by atoms with Crippen LogP contribution in [0.2, 0.25) is 0 Å². The summed E-state index contributed by atoms with van der Waals surface area (Å²) < 4.78 is 0. The Labute approximate surface area is 129 Å². The monoisotopic (exact) mass is 312 g/mol. The van der Waals surface area contributed by atoms with E-state index in [1.165, 1.54) is 11.3 Å². The van der Waals surface area contributed by atoms with E-state index in [0.29, 0.717) is 22.5 Å². The third-order valence-corrected chi connectivity index (χ3v) is 4.77. The van der Waals surface area contributed by atoms with Crippen LogP contribution in [0.25, 0.3) is 0 Å². The third kappa shape index (κ3) is 4.31. The molecule has 21 heavy (non-hydrogen) atoms. The van der Waals surface area contributed by atoms with Gasteiger partial charge in [-0.2, -0.15) is 0 Å². The number of carbonyl (C=O) groups is 1. The molecule has 1 aromatic heterocycles. The molecule has 0 bridgehead atoms. The molecule has 0 unspecified atom stereocenters. The molecule has 0 spiro atoms. The number of hydrogen-bond acceptors (Lipinski definition) is 6. The number of aliphatic hydroxyl groups excluding tert-OH is 1. The van der Waals surface area contributed by atoms with Crippen molar-refractivity contribution in [2.24, 2.45) is 11.3 Å². The fourth-order valence-corrected chi connectivity index (χ4v) is 2.95. The predicted octanol–water partition coefficient (Wildman–Crippen LogP) is 1.69. The van der Waals surface area contributed by atoms with Gasteiger partial charge in [0.05, 0.1) is 0 Å². The Balaban J connectivity index is 1.90. The number of thiazole rings is 1. The van der Waals surface area contributed by atoms with E-state index < -0.39 is 0 Å². The zero-order valence-electron chi connectivity index (χ0n) is 12.6. The van der Waals surface area contributed by atoms with Crippen LogP contribution in [0.4, 0.5) is 10.9 Å². The van der Waals surface area contributed by atoms with Crippen LogP contribution in [0.1, 0.15) is 42.8 Å². The number of nitrogens with two attached hydrogens (primary N) is 1. The summed E-state index contributed by atoms with van der Waals surface area (Å²) in [5.41, 5.74) is 5.92. The number of nitrogens with zero attached hydrogens (tertiary/aromatic N) is 1. The van der Waals surface area contributed by atoms with Gasteiger partial charge in [0.2, 0.25) is 0 Å². The van der Waals surface area contributed by atoms with Gasteiger partial charge in [-0.25, -0.2) is 4.98 Å². The van der Waals surface area contributed by atoms with Crippen molar-refractivity contribution >= 4 is 28.2 Å². The van der Waals surface area contributed by atoms with Gasteiger partial charge in [0.25, 0.3) is 5.91 Å². The average molecular weight is 312 g/mol. The van der Waals surface area contributed by atoms with Gasteiger partial charge in [-0.15, -0.1) is 0 Å². The van der Waals surface area contributed by atoms with Crippen LogP contribution < -0.4 is 16.4 Å². The number of anilines is 2. The SMILES string of the molecule is CC(C)CNc1nc(N)c(C(=O)NCC2(CCO)CC2)s1. The topological polar surface area (TPSA) is 100 Å². The van der Waals surface area contributed by atoms with E-state index in [9.17, 15) is 4.79 Å². The van der Waals surface area contributed by atoms with Crippen LogP contribution in [0.5, 0.6) is 0 Å². The molecule has 0 atom stereocenters. The number of aromatic nitrogens is 1. The molecule has 1 fully saturated rings. The van der Waals surface area contributed by atoms with E-state index >= 15 is 0 Å². The van der Waals surface area contributed by atoms with E-state index in [4.69, 9.17) is 10.8 Å². The fraction of sp³-hybridized carbons (Fsp3) is 0.714. The Hall–Kier alpha value is -1.34. The Kier molecular flexibility index (Phi) is 5.05. The van der Waals surface area contributed by atoms with E-state index in [2.05, 4.69) is 29.5 Å². The molecular formula is C14H24N4O2S. The number of rotatable bonds is 8. The highest BCUT2D eigenvalue weighted by molar-refractivity contribution is 7.18. The first kappa shape index (κ1) is 16.0.